The fourth-order valence-corrected chi connectivity index (χ4v) is 3.72. The van der Waals surface area contributed by atoms with Crippen LogP contribution in [0.1, 0.15) is 31.8 Å². The summed E-state index contributed by atoms with van der Waals surface area (Å²) in [5, 5.41) is 19.6. The molecule has 0 atom stereocenters. The topological polar surface area (TPSA) is 94.9 Å². The van der Waals surface area contributed by atoms with Gasteiger partial charge in [0, 0.05) is 27.1 Å². The third kappa shape index (κ3) is 2.65. The van der Waals surface area contributed by atoms with Gasteiger partial charge in [-0.3, -0.25) is 9.59 Å². The maximum Gasteiger partial charge on any atom is 0.218 e. The molecule has 1 aromatic heterocycles. The standard InChI is InChI=1S/C22H12ClN3O3/c23-11-8-9-16-15(10-11)19(22(29)24-16)26-25-17-7-3-6-14-18(17)21(28)13-5-2-1-4-12(13)20(14)27/h1-10,24,29H. The van der Waals surface area contributed by atoms with E-state index in [0.717, 1.165) is 0 Å². The number of aromatic hydroxyl groups is 1. The number of fused-ring (bicyclic) bond motifs is 3. The van der Waals surface area contributed by atoms with Gasteiger partial charge in [-0.25, -0.2) is 0 Å². The van der Waals surface area contributed by atoms with E-state index in [1.807, 2.05) is 0 Å². The van der Waals surface area contributed by atoms with Gasteiger partial charge in [-0.2, -0.15) is 0 Å². The Morgan fingerprint density at radius 1 is 0.828 bits per heavy atom. The minimum atomic E-state index is -0.282. The lowest BCUT2D eigenvalue weighted by Gasteiger charge is -2.18. The first-order valence-electron chi connectivity index (χ1n) is 8.78. The molecule has 0 saturated heterocycles. The first kappa shape index (κ1) is 17.3. The summed E-state index contributed by atoms with van der Waals surface area (Å²) in [5.41, 5.74) is 2.32. The molecule has 1 aliphatic rings. The molecular weight excluding hydrogens is 390 g/mol. The van der Waals surface area contributed by atoms with Crippen molar-refractivity contribution in [3.05, 3.63) is 87.9 Å². The van der Waals surface area contributed by atoms with E-state index in [1.165, 1.54) is 0 Å². The number of H-pyrrole nitrogens is 1. The number of azo groups is 1. The molecule has 5 rings (SSSR count). The Bertz CT molecular complexity index is 1370. The molecule has 0 spiro atoms. The quantitative estimate of drug-likeness (QED) is 0.370. The van der Waals surface area contributed by atoms with Crippen LogP contribution in [0.25, 0.3) is 10.9 Å². The van der Waals surface area contributed by atoms with Gasteiger partial charge in [0.25, 0.3) is 0 Å². The Morgan fingerprint density at radius 2 is 1.55 bits per heavy atom. The minimum absolute atomic E-state index is 0.163. The highest BCUT2D eigenvalue weighted by Crippen LogP contribution is 2.39. The summed E-state index contributed by atoms with van der Waals surface area (Å²) in [4.78, 5) is 28.7. The molecule has 0 bridgehead atoms. The molecule has 2 N–H and O–H groups in total. The SMILES string of the molecule is O=C1c2ccccc2C(=O)c2c(N=Nc3c(O)[nH]c4ccc(Cl)cc34)cccc21. The summed E-state index contributed by atoms with van der Waals surface area (Å²) >= 11 is 6.05. The van der Waals surface area contributed by atoms with Crippen molar-refractivity contribution >= 4 is 45.4 Å². The predicted octanol–water partition coefficient (Wildman–Crippen LogP) is 5.72. The number of rotatable bonds is 2. The van der Waals surface area contributed by atoms with Gasteiger partial charge in [-0.1, -0.05) is 48.0 Å². The molecule has 0 saturated carbocycles. The molecule has 0 unspecified atom stereocenters. The molecule has 7 heteroatoms. The first-order chi connectivity index (χ1) is 14.0. The molecule has 0 aliphatic heterocycles. The number of carbonyl (C=O) groups is 2. The van der Waals surface area contributed by atoms with E-state index >= 15 is 0 Å². The summed E-state index contributed by atoms with van der Waals surface area (Å²) in [6.45, 7) is 0. The van der Waals surface area contributed by atoms with E-state index in [1.54, 1.807) is 60.7 Å². The zero-order chi connectivity index (χ0) is 20.1. The highest BCUT2D eigenvalue weighted by molar-refractivity contribution is 6.31. The van der Waals surface area contributed by atoms with E-state index in [0.29, 0.717) is 27.1 Å². The fraction of sp³-hybridized carbons (Fsp3) is 0. The van der Waals surface area contributed by atoms with Crippen LogP contribution in [0.4, 0.5) is 11.4 Å². The van der Waals surface area contributed by atoms with Crippen LogP contribution in [-0.2, 0) is 0 Å². The Hall–Kier alpha value is -3.77. The molecule has 1 heterocycles. The fourth-order valence-electron chi connectivity index (χ4n) is 3.55. The number of aromatic amines is 1. The zero-order valence-corrected chi connectivity index (χ0v) is 15.6. The summed E-state index contributed by atoms with van der Waals surface area (Å²) < 4.78 is 0. The van der Waals surface area contributed by atoms with Gasteiger partial charge in [0.15, 0.2) is 17.3 Å². The van der Waals surface area contributed by atoms with Gasteiger partial charge in [0.05, 0.1) is 16.8 Å². The molecule has 4 aromatic rings. The number of carbonyl (C=O) groups excluding carboxylic acids is 2. The number of aromatic nitrogens is 1. The van der Waals surface area contributed by atoms with Crippen molar-refractivity contribution in [1.29, 1.82) is 0 Å². The smallest absolute Gasteiger partial charge is 0.218 e. The van der Waals surface area contributed by atoms with Crippen LogP contribution in [0, 0.1) is 0 Å². The van der Waals surface area contributed by atoms with Crippen molar-refractivity contribution in [2.75, 3.05) is 0 Å². The van der Waals surface area contributed by atoms with E-state index < -0.39 is 0 Å². The van der Waals surface area contributed by atoms with Gasteiger partial charge in [-0.15, -0.1) is 10.2 Å². The Balaban J connectivity index is 1.65. The monoisotopic (exact) mass is 401 g/mol. The van der Waals surface area contributed by atoms with Crippen molar-refractivity contribution in [1.82, 2.24) is 4.98 Å². The van der Waals surface area contributed by atoms with Crippen LogP contribution >= 0.6 is 11.6 Å². The van der Waals surface area contributed by atoms with Crippen molar-refractivity contribution in [2.45, 2.75) is 0 Å². The highest BCUT2D eigenvalue weighted by atomic mass is 35.5. The van der Waals surface area contributed by atoms with E-state index in [2.05, 4.69) is 15.2 Å². The lowest BCUT2D eigenvalue weighted by molar-refractivity contribution is 0.0979. The maximum absolute atomic E-state index is 13.0. The van der Waals surface area contributed by atoms with Crippen LogP contribution in [0.2, 0.25) is 5.02 Å². The molecule has 140 valence electrons. The van der Waals surface area contributed by atoms with Gasteiger partial charge in [0.1, 0.15) is 0 Å². The molecule has 0 radical (unpaired) electrons. The van der Waals surface area contributed by atoms with Gasteiger partial charge < -0.3 is 10.1 Å². The van der Waals surface area contributed by atoms with Crippen LogP contribution in [0.15, 0.2) is 70.9 Å². The molecule has 6 nitrogen and oxygen atoms in total. The second kappa shape index (κ2) is 6.39. The zero-order valence-electron chi connectivity index (χ0n) is 14.8. The maximum atomic E-state index is 13.0. The number of ketones is 2. The Labute approximate surface area is 169 Å². The normalized spacial score (nSPS) is 13.1. The van der Waals surface area contributed by atoms with Crippen LogP contribution in [0.3, 0.4) is 0 Å². The highest BCUT2D eigenvalue weighted by Gasteiger charge is 2.31. The van der Waals surface area contributed by atoms with Crippen molar-refractivity contribution < 1.29 is 14.7 Å². The Kier molecular flexibility index (Phi) is 3.82. The third-order valence-corrected chi connectivity index (χ3v) is 5.14. The third-order valence-electron chi connectivity index (χ3n) is 4.90. The second-order valence-electron chi connectivity index (χ2n) is 6.62. The van der Waals surface area contributed by atoms with Crippen molar-refractivity contribution in [3.63, 3.8) is 0 Å². The first-order valence-corrected chi connectivity index (χ1v) is 9.16. The molecule has 1 aliphatic carbocycles. The van der Waals surface area contributed by atoms with Crippen LogP contribution in [0.5, 0.6) is 5.88 Å². The van der Waals surface area contributed by atoms with Crippen molar-refractivity contribution in [3.8, 4) is 5.88 Å². The Morgan fingerprint density at radius 3 is 2.34 bits per heavy atom. The summed E-state index contributed by atoms with van der Waals surface area (Å²) in [6, 6.07) is 16.6. The van der Waals surface area contributed by atoms with E-state index in [9.17, 15) is 14.7 Å². The van der Waals surface area contributed by atoms with E-state index in [-0.39, 0.29) is 39.9 Å². The summed E-state index contributed by atoms with van der Waals surface area (Å²) in [6.07, 6.45) is 0. The second-order valence-corrected chi connectivity index (χ2v) is 7.05. The van der Waals surface area contributed by atoms with Gasteiger partial charge >= 0.3 is 0 Å². The average Bonchev–Trinajstić information content (AvgIpc) is 3.04. The molecule has 0 amide bonds. The lowest BCUT2D eigenvalue weighted by Crippen LogP contribution is -2.20. The number of hydrogen-bond donors (Lipinski definition) is 2. The van der Waals surface area contributed by atoms with Crippen molar-refractivity contribution in [2.24, 2.45) is 10.2 Å². The van der Waals surface area contributed by atoms with Crippen LogP contribution in [-0.4, -0.2) is 21.7 Å². The lowest BCUT2D eigenvalue weighted by atomic mass is 9.83. The number of benzene rings is 3. The molecule has 29 heavy (non-hydrogen) atoms. The average molecular weight is 402 g/mol. The van der Waals surface area contributed by atoms with E-state index in [4.69, 9.17) is 11.6 Å². The van der Waals surface area contributed by atoms with Gasteiger partial charge in [0.2, 0.25) is 5.88 Å². The van der Waals surface area contributed by atoms with Crippen LogP contribution < -0.4 is 0 Å². The number of hydrogen-bond acceptors (Lipinski definition) is 5. The summed E-state index contributed by atoms with van der Waals surface area (Å²) in [5.74, 6) is -0.673. The number of halogens is 1. The largest absolute Gasteiger partial charge is 0.493 e. The number of nitrogens with zero attached hydrogens (tertiary/aromatic N) is 2. The minimum Gasteiger partial charge on any atom is -0.493 e. The number of nitrogens with one attached hydrogen (secondary N) is 1. The molecular formula is C22H12ClN3O3. The summed E-state index contributed by atoms with van der Waals surface area (Å²) in [7, 11) is 0. The predicted molar refractivity (Wildman–Crippen MR) is 109 cm³/mol. The molecule has 3 aromatic carbocycles. The van der Waals surface area contributed by atoms with Gasteiger partial charge in [-0.05, 0) is 24.3 Å². The molecule has 0 fully saturated rings.